The Bertz CT molecular complexity index is 1020. The highest BCUT2D eigenvalue weighted by atomic mass is 16.4. The van der Waals surface area contributed by atoms with Gasteiger partial charge in [-0.3, -0.25) is 14.5 Å². The van der Waals surface area contributed by atoms with Crippen LogP contribution >= 0.6 is 0 Å². The van der Waals surface area contributed by atoms with Gasteiger partial charge in [-0.25, -0.2) is 4.79 Å². The number of rotatable bonds is 4. The third kappa shape index (κ3) is 3.29. The number of aromatic amines is 1. The highest BCUT2D eigenvalue weighted by molar-refractivity contribution is 5.80. The minimum atomic E-state index is -0.483. The minimum absolute atomic E-state index is 0.0181. The second-order valence-corrected chi connectivity index (χ2v) is 7.24. The summed E-state index contributed by atoms with van der Waals surface area (Å²) in [4.78, 5) is 26.8. The molecule has 0 atom stereocenters. The zero-order valence-corrected chi connectivity index (χ0v) is 15.7. The number of hydrogen-bond donors (Lipinski definition) is 1. The van der Waals surface area contributed by atoms with E-state index in [0.717, 1.165) is 24.8 Å². The zero-order valence-electron chi connectivity index (χ0n) is 15.7. The van der Waals surface area contributed by atoms with Crippen molar-refractivity contribution in [2.24, 2.45) is 0 Å². The molecule has 1 fully saturated rings. The van der Waals surface area contributed by atoms with Crippen LogP contribution < -0.4 is 5.76 Å². The molecule has 0 radical (unpaired) electrons. The molecule has 1 aliphatic heterocycles. The van der Waals surface area contributed by atoms with Crippen molar-refractivity contribution in [3.8, 4) is 0 Å². The maximum Gasteiger partial charge on any atom is 0.420 e. The van der Waals surface area contributed by atoms with Crippen molar-refractivity contribution in [1.82, 2.24) is 19.7 Å². The first-order valence-corrected chi connectivity index (χ1v) is 9.46. The number of carbonyl (C=O) groups excluding carboxylic acids is 1. The fraction of sp³-hybridized carbons (Fsp3) is 0.450. The van der Waals surface area contributed by atoms with E-state index >= 15 is 0 Å². The summed E-state index contributed by atoms with van der Waals surface area (Å²) in [6.07, 6.45) is 4.66. The van der Waals surface area contributed by atoms with Crippen LogP contribution in [0.1, 0.15) is 42.5 Å². The Kier molecular flexibility index (Phi) is 4.59. The van der Waals surface area contributed by atoms with Crippen LogP contribution in [0.2, 0.25) is 0 Å². The number of carbonyl (C=O) groups is 1. The van der Waals surface area contributed by atoms with E-state index in [1.54, 1.807) is 6.07 Å². The number of fused-ring (bicyclic) bond motifs is 1. The van der Waals surface area contributed by atoms with Gasteiger partial charge in [0.25, 0.3) is 0 Å². The van der Waals surface area contributed by atoms with E-state index in [2.05, 4.69) is 17.1 Å². The molecule has 2 aromatic heterocycles. The first-order valence-electron chi connectivity index (χ1n) is 9.46. The number of aryl methyl sites for hydroxylation is 2. The summed E-state index contributed by atoms with van der Waals surface area (Å²) in [6.45, 7) is 5.48. The van der Waals surface area contributed by atoms with Crippen molar-refractivity contribution >= 4 is 17.0 Å². The van der Waals surface area contributed by atoms with Crippen molar-refractivity contribution in [3.05, 3.63) is 51.8 Å². The van der Waals surface area contributed by atoms with Gasteiger partial charge in [0.05, 0.1) is 11.7 Å². The van der Waals surface area contributed by atoms with Crippen LogP contribution in [0.25, 0.3) is 11.1 Å². The molecule has 0 unspecified atom stereocenters. The molecule has 0 saturated carbocycles. The Hall–Kier alpha value is -2.83. The predicted octanol–water partition coefficient (Wildman–Crippen LogP) is 2.59. The molecule has 3 aromatic rings. The van der Waals surface area contributed by atoms with Crippen LogP contribution in [0.4, 0.5) is 0 Å². The lowest BCUT2D eigenvalue weighted by molar-refractivity contribution is -0.132. The number of oxazole rings is 1. The fourth-order valence-corrected chi connectivity index (χ4v) is 3.93. The van der Waals surface area contributed by atoms with Gasteiger partial charge < -0.3 is 9.32 Å². The van der Waals surface area contributed by atoms with E-state index in [4.69, 9.17) is 4.42 Å². The lowest BCUT2D eigenvalue weighted by Crippen LogP contribution is -2.40. The van der Waals surface area contributed by atoms with E-state index in [9.17, 15) is 9.59 Å². The first kappa shape index (κ1) is 17.6. The molecule has 1 saturated heterocycles. The average molecular weight is 368 g/mol. The molecular weight excluding hydrogens is 344 g/mol. The summed E-state index contributed by atoms with van der Waals surface area (Å²) in [7, 11) is 0. The number of aromatic nitrogens is 3. The van der Waals surface area contributed by atoms with Gasteiger partial charge in [0.15, 0.2) is 5.58 Å². The Balaban J connectivity index is 1.45. The Morgan fingerprint density at radius 1 is 1.33 bits per heavy atom. The Morgan fingerprint density at radius 3 is 2.85 bits per heavy atom. The summed E-state index contributed by atoms with van der Waals surface area (Å²) in [5, 5.41) is 7.29. The van der Waals surface area contributed by atoms with Crippen molar-refractivity contribution in [2.45, 2.75) is 45.6 Å². The quantitative estimate of drug-likeness (QED) is 0.767. The predicted molar refractivity (Wildman–Crippen MR) is 102 cm³/mol. The van der Waals surface area contributed by atoms with E-state index in [1.165, 1.54) is 15.8 Å². The van der Waals surface area contributed by atoms with E-state index in [0.29, 0.717) is 30.1 Å². The van der Waals surface area contributed by atoms with Gasteiger partial charge in [-0.15, -0.1) is 0 Å². The SMILES string of the molecule is CCc1cn[nH]c1C1CCN(C(=O)Cn2c(=O)oc3ccc(C)cc32)CC1. The van der Waals surface area contributed by atoms with Crippen LogP contribution in [0.3, 0.4) is 0 Å². The molecule has 1 N–H and O–H groups in total. The van der Waals surface area contributed by atoms with Crippen LogP contribution in [0.15, 0.2) is 33.6 Å². The normalized spacial score (nSPS) is 15.6. The van der Waals surface area contributed by atoms with Crippen molar-refractivity contribution in [3.63, 3.8) is 0 Å². The number of nitrogens with zero attached hydrogens (tertiary/aromatic N) is 3. The third-order valence-corrected chi connectivity index (χ3v) is 5.50. The fourth-order valence-electron chi connectivity index (χ4n) is 3.93. The molecule has 1 aromatic carbocycles. The maximum atomic E-state index is 12.8. The van der Waals surface area contributed by atoms with Gasteiger partial charge in [-0.2, -0.15) is 5.10 Å². The molecule has 4 rings (SSSR count). The summed E-state index contributed by atoms with van der Waals surface area (Å²) in [5.74, 6) is -0.115. The molecule has 1 amide bonds. The minimum Gasteiger partial charge on any atom is -0.408 e. The topological polar surface area (TPSA) is 84.1 Å². The number of benzene rings is 1. The van der Waals surface area contributed by atoms with Gasteiger partial charge in [0, 0.05) is 24.7 Å². The molecule has 142 valence electrons. The zero-order chi connectivity index (χ0) is 19.0. The maximum absolute atomic E-state index is 12.8. The first-order chi connectivity index (χ1) is 13.1. The summed E-state index contributed by atoms with van der Waals surface area (Å²) < 4.78 is 6.69. The monoisotopic (exact) mass is 368 g/mol. The third-order valence-electron chi connectivity index (χ3n) is 5.50. The molecular formula is C20H24N4O3. The highest BCUT2D eigenvalue weighted by Gasteiger charge is 2.26. The van der Waals surface area contributed by atoms with Gasteiger partial charge in [-0.1, -0.05) is 13.0 Å². The highest BCUT2D eigenvalue weighted by Crippen LogP contribution is 2.29. The van der Waals surface area contributed by atoms with Crippen LogP contribution in [-0.4, -0.2) is 38.7 Å². The second-order valence-electron chi connectivity index (χ2n) is 7.24. The molecule has 27 heavy (non-hydrogen) atoms. The number of hydrogen-bond acceptors (Lipinski definition) is 4. The van der Waals surface area contributed by atoms with Gasteiger partial charge >= 0.3 is 5.76 Å². The van der Waals surface area contributed by atoms with Crippen LogP contribution in [0, 0.1) is 6.92 Å². The summed E-state index contributed by atoms with van der Waals surface area (Å²) in [6, 6.07) is 5.54. The van der Waals surface area contributed by atoms with E-state index in [-0.39, 0.29) is 12.5 Å². The number of piperidine rings is 1. The average Bonchev–Trinajstić information content (AvgIpc) is 3.27. The number of nitrogens with one attached hydrogen (secondary N) is 1. The molecule has 7 nitrogen and oxygen atoms in total. The second kappa shape index (κ2) is 7.06. The molecule has 3 heterocycles. The number of amides is 1. The van der Waals surface area contributed by atoms with Gasteiger partial charge in [0.2, 0.25) is 5.91 Å². The number of likely N-dealkylation sites (tertiary alicyclic amines) is 1. The number of H-pyrrole nitrogens is 1. The Labute approximate surface area is 157 Å². The molecule has 7 heteroatoms. The largest absolute Gasteiger partial charge is 0.420 e. The van der Waals surface area contributed by atoms with Gasteiger partial charge in [0.1, 0.15) is 6.54 Å². The van der Waals surface area contributed by atoms with E-state index in [1.807, 2.05) is 30.2 Å². The van der Waals surface area contributed by atoms with Crippen LogP contribution in [0.5, 0.6) is 0 Å². The summed E-state index contributed by atoms with van der Waals surface area (Å²) in [5.41, 5.74) is 4.68. The van der Waals surface area contributed by atoms with Crippen molar-refractivity contribution in [2.75, 3.05) is 13.1 Å². The van der Waals surface area contributed by atoms with Gasteiger partial charge in [-0.05, 0) is 49.4 Å². The molecule has 0 spiro atoms. The van der Waals surface area contributed by atoms with Crippen LogP contribution in [-0.2, 0) is 17.8 Å². The molecule has 0 bridgehead atoms. The summed E-state index contributed by atoms with van der Waals surface area (Å²) >= 11 is 0. The molecule has 1 aliphatic rings. The lowest BCUT2D eigenvalue weighted by Gasteiger charge is -2.32. The lowest BCUT2D eigenvalue weighted by atomic mass is 9.91. The Morgan fingerprint density at radius 2 is 2.11 bits per heavy atom. The smallest absolute Gasteiger partial charge is 0.408 e. The molecule has 0 aliphatic carbocycles. The van der Waals surface area contributed by atoms with E-state index < -0.39 is 5.76 Å². The standard InChI is InChI=1S/C20H24N4O3/c1-3-14-11-21-22-19(14)15-6-8-23(9-7-15)18(25)12-24-16-10-13(2)4-5-17(16)27-20(24)26/h4-5,10-11,15H,3,6-9,12H2,1-2H3,(H,21,22). The van der Waals surface area contributed by atoms with Crippen molar-refractivity contribution in [1.29, 1.82) is 0 Å². The van der Waals surface area contributed by atoms with Crippen molar-refractivity contribution < 1.29 is 9.21 Å².